The van der Waals surface area contributed by atoms with E-state index < -0.39 is 17.0 Å². The number of hydrogen-bond donors (Lipinski definition) is 2. The van der Waals surface area contributed by atoms with Gasteiger partial charge < -0.3 is 15.2 Å². The molecule has 1 aromatic carbocycles. The fourth-order valence-corrected chi connectivity index (χ4v) is 1.50. The molecule has 0 saturated carbocycles. The van der Waals surface area contributed by atoms with Crippen LogP contribution in [0.15, 0.2) is 18.2 Å². The van der Waals surface area contributed by atoms with Crippen molar-refractivity contribution in [1.29, 1.82) is 0 Å². The van der Waals surface area contributed by atoms with Gasteiger partial charge in [-0.15, -0.1) is 0 Å². The molecule has 7 heteroatoms. The van der Waals surface area contributed by atoms with Crippen LogP contribution in [0.3, 0.4) is 0 Å². The molecule has 0 radical (unpaired) electrons. The molecule has 0 aliphatic rings. The van der Waals surface area contributed by atoms with Gasteiger partial charge in [0.15, 0.2) is 0 Å². The second kappa shape index (κ2) is 6.69. The largest absolute Gasteiger partial charge is 0.465 e. The van der Waals surface area contributed by atoms with Crippen molar-refractivity contribution in [2.75, 3.05) is 19.0 Å². The van der Waals surface area contributed by atoms with Crippen molar-refractivity contribution in [2.24, 2.45) is 0 Å². The Morgan fingerprint density at radius 1 is 1.58 bits per heavy atom. The molecule has 0 fully saturated rings. The van der Waals surface area contributed by atoms with Crippen LogP contribution in [0.1, 0.15) is 23.7 Å². The molecule has 0 spiro atoms. The number of carbonyl (C=O) groups is 1. The lowest BCUT2D eigenvalue weighted by Gasteiger charge is -2.09. The lowest BCUT2D eigenvalue weighted by molar-refractivity contribution is -0.384. The molecular weight excluding hydrogens is 252 g/mol. The van der Waals surface area contributed by atoms with E-state index in [9.17, 15) is 14.9 Å². The Hall–Kier alpha value is -2.15. The van der Waals surface area contributed by atoms with E-state index in [1.54, 1.807) is 6.92 Å². The molecular formula is C12H16N2O5. The summed E-state index contributed by atoms with van der Waals surface area (Å²) >= 11 is 0. The molecule has 1 atom stereocenters. The van der Waals surface area contributed by atoms with Crippen LogP contribution in [-0.2, 0) is 4.74 Å². The van der Waals surface area contributed by atoms with Gasteiger partial charge in [-0.1, -0.05) is 0 Å². The van der Waals surface area contributed by atoms with E-state index in [-0.39, 0.29) is 16.9 Å². The van der Waals surface area contributed by atoms with Crippen LogP contribution < -0.4 is 5.32 Å². The molecule has 0 aliphatic heterocycles. The Morgan fingerprint density at radius 2 is 2.26 bits per heavy atom. The monoisotopic (exact) mass is 268 g/mol. The highest BCUT2D eigenvalue weighted by atomic mass is 16.6. The maximum Gasteiger partial charge on any atom is 0.337 e. The van der Waals surface area contributed by atoms with Crippen LogP contribution in [0.4, 0.5) is 11.4 Å². The minimum atomic E-state index is -0.562. The summed E-state index contributed by atoms with van der Waals surface area (Å²) in [5.74, 6) is -0.562. The molecule has 0 saturated heterocycles. The summed E-state index contributed by atoms with van der Waals surface area (Å²) in [7, 11) is 1.24. The van der Waals surface area contributed by atoms with Gasteiger partial charge in [0.05, 0.1) is 23.7 Å². The smallest absolute Gasteiger partial charge is 0.337 e. The van der Waals surface area contributed by atoms with E-state index >= 15 is 0 Å². The molecule has 0 heterocycles. The highest BCUT2D eigenvalue weighted by molar-refractivity contribution is 5.91. The molecule has 2 N–H and O–H groups in total. The molecule has 104 valence electrons. The SMILES string of the molecule is COC(=O)c1ccc([N+](=O)[O-])c(NCCC(C)O)c1. The summed E-state index contributed by atoms with van der Waals surface area (Å²) < 4.78 is 4.56. The standard InChI is InChI=1S/C12H16N2O5/c1-8(15)5-6-13-10-7-9(12(16)19-2)3-4-11(10)14(17)18/h3-4,7-8,13,15H,5-6H2,1-2H3. The van der Waals surface area contributed by atoms with Crippen molar-refractivity contribution in [3.05, 3.63) is 33.9 Å². The van der Waals surface area contributed by atoms with Gasteiger partial charge in [0, 0.05) is 12.6 Å². The van der Waals surface area contributed by atoms with E-state index in [2.05, 4.69) is 10.1 Å². The summed E-state index contributed by atoms with van der Waals surface area (Å²) in [5.41, 5.74) is 0.333. The van der Waals surface area contributed by atoms with Crippen molar-refractivity contribution in [3.63, 3.8) is 0 Å². The number of hydrogen-bond acceptors (Lipinski definition) is 6. The highest BCUT2D eigenvalue weighted by Gasteiger charge is 2.16. The third-order valence-electron chi connectivity index (χ3n) is 2.49. The number of nitro groups is 1. The Morgan fingerprint density at radius 3 is 2.79 bits per heavy atom. The van der Waals surface area contributed by atoms with Gasteiger partial charge in [-0.25, -0.2) is 4.79 Å². The summed E-state index contributed by atoms with van der Waals surface area (Å²) in [6.45, 7) is 1.99. The number of aliphatic hydroxyl groups excluding tert-OH is 1. The van der Waals surface area contributed by atoms with Gasteiger partial charge in [0.1, 0.15) is 5.69 Å². The average Bonchev–Trinajstić information content (AvgIpc) is 2.37. The predicted molar refractivity (Wildman–Crippen MR) is 69.2 cm³/mol. The van der Waals surface area contributed by atoms with Crippen LogP contribution in [0.5, 0.6) is 0 Å². The summed E-state index contributed by atoms with van der Waals surface area (Å²) in [6, 6.07) is 3.95. The Labute approximate surface area is 110 Å². The first-order valence-corrected chi connectivity index (χ1v) is 5.74. The Kier molecular flexibility index (Phi) is 5.25. The third kappa shape index (κ3) is 4.22. The summed E-state index contributed by atoms with van der Waals surface area (Å²) in [5, 5.41) is 22.8. The lowest BCUT2D eigenvalue weighted by Crippen LogP contribution is -2.11. The van der Waals surface area contributed by atoms with Gasteiger partial charge in [0.25, 0.3) is 5.69 Å². The molecule has 7 nitrogen and oxygen atoms in total. The van der Waals surface area contributed by atoms with E-state index in [1.807, 2.05) is 0 Å². The number of methoxy groups -OCH3 is 1. The first-order chi connectivity index (χ1) is 8.95. The number of esters is 1. The second-order valence-electron chi connectivity index (χ2n) is 4.05. The number of carbonyl (C=O) groups excluding carboxylic acids is 1. The number of nitrogens with zero attached hydrogens (tertiary/aromatic N) is 1. The van der Waals surface area contributed by atoms with Crippen molar-refractivity contribution in [2.45, 2.75) is 19.4 Å². The molecule has 0 aliphatic carbocycles. The number of benzene rings is 1. The van der Waals surface area contributed by atoms with Gasteiger partial charge in [0.2, 0.25) is 0 Å². The minimum absolute atomic E-state index is 0.127. The van der Waals surface area contributed by atoms with Gasteiger partial charge in [-0.3, -0.25) is 10.1 Å². The zero-order valence-corrected chi connectivity index (χ0v) is 10.8. The molecule has 1 unspecified atom stereocenters. The van der Waals surface area contributed by atoms with Crippen molar-refractivity contribution in [3.8, 4) is 0 Å². The van der Waals surface area contributed by atoms with Crippen LogP contribution in [0.25, 0.3) is 0 Å². The van der Waals surface area contributed by atoms with Crippen LogP contribution in [0.2, 0.25) is 0 Å². The van der Waals surface area contributed by atoms with Gasteiger partial charge in [-0.05, 0) is 25.5 Å². The summed E-state index contributed by atoms with van der Waals surface area (Å²) in [4.78, 5) is 21.7. The molecule has 0 bridgehead atoms. The van der Waals surface area contributed by atoms with E-state index in [0.717, 1.165) is 0 Å². The maximum atomic E-state index is 11.4. The predicted octanol–water partition coefficient (Wildman–Crippen LogP) is 1.56. The van der Waals surface area contributed by atoms with Crippen molar-refractivity contribution in [1.82, 2.24) is 0 Å². The Balaban J connectivity index is 2.95. The number of aliphatic hydroxyl groups is 1. The average molecular weight is 268 g/mol. The maximum absolute atomic E-state index is 11.4. The highest BCUT2D eigenvalue weighted by Crippen LogP contribution is 2.25. The molecule has 19 heavy (non-hydrogen) atoms. The molecule has 0 amide bonds. The first kappa shape index (κ1) is 14.9. The van der Waals surface area contributed by atoms with Crippen LogP contribution in [-0.4, -0.2) is 35.8 Å². The zero-order valence-electron chi connectivity index (χ0n) is 10.8. The lowest BCUT2D eigenvalue weighted by atomic mass is 10.1. The fraction of sp³-hybridized carbons (Fsp3) is 0.417. The third-order valence-corrected chi connectivity index (χ3v) is 2.49. The van der Waals surface area contributed by atoms with Gasteiger partial charge >= 0.3 is 5.97 Å². The number of anilines is 1. The number of rotatable bonds is 6. The second-order valence-corrected chi connectivity index (χ2v) is 4.05. The van der Waals surface area contributed by atoms with Crippen LogP contribution >= 0.6 is 0 Å². The first-order valence-electron chi connectivity index (χ1n) is 5.74. The molecule has 1 aromatic rings. The van der Waals surface area contributed by atoms with E-state index in [0.29, 0.717) is 13.0 Å². The minimum Gasteiger partial charge on any atom is -0.465 e. The van der Waals surface area contributed by atoms with Gasteiger partial charge in [-0.2, -0.15) is 0 Å². The molecule has 0 aromatic heterocycles. The number of nitro benzene ring substituents is 1. The fourth-order valence-electron chi connectivity index (χ4n) is 1.50. The van der Waals surface area contributed by atoms with Crippen molar-refractivity contribution < 1.29 is 19.6 Å². The van der Waals surface area contributed by atoms with E-state index in [1.165, 1.54) is 25.3 Å². The quantitative estimate of drug-likeness (QED) is 0.461. The van der Waals surface area contributed by atoms with Crippen molar-refractivity contribution >= 4 is 17.3 Å². The topological polar surface area (TPSA) is 102 Å². The normalized spacial score (nSPS) is 11.7. The molecule has 1 rings (SSSR count). The Bertz CT molecular complexity index is 473. The summed E-state index contributed by atoms with van der Waals surface area (Å²) in [6.07, 6.45) is -0.0603. The zero-order chi connectivity index (χ0) is 14.4. The number of ether oxygens (including phenoxy) is 1. The number of nitrogens with one attached hydrogen (secondary N) is 1. The van der Waals surface area contributed by atoms with Crippen LogP contribution in [0, 0.1) is 10.1 Å². The van der Waals surface area contributed by atoms with E-state index in [4.69, 9.17) is 5.11 Å².